The summed E-state index contributed by atoms with van der Waals surface area (Å²) in [4.78, 5) is 53.9. The van der Waals surface area contributed by atoms with E-state index >= 15 is 0 Å². The van der Waals surface area contributed by atoms with E-state index in [1.165, 1.54) is 103 Å². The van der Waals surface area contributed by atoms with Crippen LogP contribution in [0.3, 0.4) is 0 Å². The normalized spacial score (nSPS) is 22.1. The van der Waals surface area contributed by atoms with E-state index in [4.69, 9.17) is 28.3 Å². The molecule has 10 N–H and O–H groups in total. The molecule has 1 aliphatic carbocycles. The number of aliphatic hydroxyl groups is 4. The van der Waals surface area contributed by atoms with Gasteiger partial charge >= 0.3 is 27.6 Å². The van der Waals surface area contributed by atoms with Gasteiger partial charge in [-0.3, -0.25) is 23.2 Å². The van der Waals surface area contributed by atoms with Gasteiger partial charge in [0.1, 0.15) is 43.2 Å². The number of unbranched alkanes of at least 4 members (excludes halogenated alkanes) is 24. The zero-order valence-electron chi connectivity index (χ0n) is 36.7. The second-order valence-electron chi connectivity index (χ2n) is 16.1. The maximum atomic E-state index is 12.9. The Morgan fingerprint density at radius 1 is 0.483 bits per heavy atom. The fourth-order valence-electron chi connectivity index (χ4n) is 7.14. The van der Waals surface area contributed by atoms with Crippen LogP contribution in [0.5, 0.6) is 0 Å². The van der Waals surface area contributed by atoms with Crippen LogP contribution in [0.2, 0.25) is 0 Å². The number of hydrogen-bond acceptors (Lipinski definition) is 14. The molecule has 358 valence electrons. The summed E-state index contributed by atoms with van der Waals surface area (Å²) in [6, 6.07) is 0. The lowest BCUT2D eigenvalue weighted by Gasteiger charge is -2.43. The predicted molar refractivity (Wildman–Crippen MR) is 228 cm³/mol. The summed E-state index contributed by atoms with van der Waals surface area (Å²) in [5.74, 6) is -1.18. The molecule has 0 aromatic heterocycles. The van der Waals surface area contributed by atoms with Crippen molar-refractivity contribution < 1.29 is 76.9 Å². The molecule has 0 heterocycles. The maximum absolute atomic E-state index is 12.9. The minimum absolute atomic E-state index is 0. The molecule has 0 aromatic carbocycles. The minimum Gasteiger partial charge on any atom is -0.462 e. The molecule has 0 bridgehead atoms. The van der Waals surface area contributed by atoms with E-state index in [1.807, 2.05) is 0 Å². The van der Waals surface area contributed by atoms with Gasteiger partial charge < -0.3 is 50.7 Å². The first-order valence-electron chi connectivity index (χ1n) is 22.6. The van der Waals surface area contributed by atoms with Crippen molar-refractivity contribution in [2.24, 2.45) is 0 Å². The fraction of sp³-hybridized carbons (Fsp3) is 0.951. The first-order valence-corrected chi connectivity index (χ1v) is 25.6. The van der Waals surface area contributed by atoms with Gasteiger partial charge in [-0.05, 0) is 12.8 Å². The third-order valence-electron chi connectivity index (χ3n) is 10.7. The number of carbonyl (C=O) groups excluding carboxylic acids is 2. The largest absolute Gasteiger partial charge is 0.472 e. The van der Waals surface area contributed by atoms with Crippen molar-refractivity contribution in [2.75, 3.05) is 13.2 Å². The molecular formula is C41H83NO16P2. The van der Waals surface area contributed by atoms with Crippen molar-refractivity contribution >= 4 is 27.6 Å². The lowest BCUT2D eigenvalue weighted by atomic mass is 9.85. The van der Waals surface area contributed by atoms with Crippen LogP contribution >= 0.6 is 15.6 Å². The monoisotopic (exact) mass is 908 g/mol. The average Bonchev–Trinajstić information content (AvgIpc) is 3.18. The Morgan fingerprint density at radius 2 is 0.800 bits per heavy atom. The second-order valence-corrected chi connectivity index (χ2v) is 18.7. The molecule has 0 spiro atoms. The van der Waals surface area contributed by atoms with Gasteiger partial charge in [0, 0.05) is 12.8 Å². The lowest BCUT2D eigenvalue weighted by molar-refractivity contribution is -0.216. The molecule has 8 atom stereocenters. The van der Waals surface area contributed by atoms with E-state index < -0.39 is 83.5 Å². The smallest absolute Gasteiger partial charge is 0.462 e. The highest BCUT2D eigenvalue weighted by molar-refractivity contribution is 7.47. The molecule has 0 aliphatic heterocycles. The third kappa shape index (κ3) is 29.3. The van der Waals surface area contributed by atoms with Crippen LogP contribution in [0.4, 0.5) is 0 Å². The molecule has 3 unspecified atom stereocenters. The van der Waals surface area contributed by atoms with Gasteiger partial charge in [-0.25, -0.2) is 9.13 Å². The molecular weight excluding hydrogens is 824 g/mol. The molecule has 1 saturated carbocycles. The summed E-state index contributed by atoms with van der Waals surface area (Å²) >= 11 is 0. The summed E-state index contributed by atoms with van der Waals surface area (Å²) < 4.78 is 49.0. The highest BCUT2D eigenvalue weighted by atomic mass is 31.2. The number of rotatable bonds is 38. The van der Waals surface area contributed by atoms with Gasteiger partial charge in [0.2, 0.25) is 0 Å². The van der Waals surface area contributed by atoms with Gasteiger partial charge in [-0.2, -0.15) is 0 Å². The van der Waals surface area contributed by atoms with E-state index in [0.29, 0.717) is 12.8 Å². The molecule has 0 amide bonds. The molecule has 0 radical (unpaired) electrons. The zero-order valence-corrected chi connectivity index (χ0v) is 38.4. The van der Waals surface area contributed by atoms with Crippen LogP contribution in [0.15, 0.2) is 0 Å². The van der Waals surface area contributed by atoms with Crippen molar-refractivity contribution in [2.45, 2.75) is 236 Å². The molecule has 1 rings (SSSR count). The van der Waals surface area contributed by atoms with Gasteiger partial charge in [0.15, 0.2) is 6.10 Å². The molecule has 0 saturated heterocycles. The van der Waals surface area contributed by atoms with E-state index in [2.05, 4.69) is 18.4 Å². The summed E-state index contributed by atoms with van der Waals surface area (Å²) in [7, 11) is -10.6. The van der Waals surface area contributed by atoms with Crippen LogP contribution in [0.1, 0.15) is 194 Å². The Morgan fingerprint density at radius 3 is 1.15 bits per heavy atom. The highest BCUT2D eigenvalue weighted by Gasteiger charge is 2.54. The van der Waals surface area contributed by atoms with E-state index in [9.17, 15) is 44.0 Å². The van der Waals surface area contributed by atoms with Crippen LogP contribution in [-0.2, 0) is 41.8 Å². The van der Waals surface area contributed by atoms with E-state index in [0.717, 1.165) is 51.4 Å². The van der Waals surface area contributed by atoms with E-state index in [-0.39, 0.29) is 19.0 Å². The summed E-state index contributed by atoms with van der Waals surface area (Å²) in [6.07, 6.45) is 15.1. The Kier molecular flexibility index (Phi) is 34.7. The summed E-state index contributed by atoms with van der Waals surface area (Å²) in [5, 5.41) is 41.4. The zero-order chi connectivity index (χ0) is 43.9. The van der Waals surface area contributed by atoms with Crippen molar-refractivity contribution in [1.29, 1.82) is 0 Å². The molecule has 0 aromatic rings. The standard InChI is InChI=1S/C41H80O16P2.H3N/c1-3-5-7-9-11-13-15-17-19-21-23-25-27-29-34(42)53-31-33(55-35(43)30-28-26-24-22-20-18-16-14-12-10-8-6-4-2)32-54-59(51,52)57-41-38(46)36(44)40(37(45)39(41)47)56-58(48,49)50;/h33,36-41,44-47H,3-32H2,1-2H3,(H,51,52)(H2,48,49,50);1H3/t33-,36-,37+,38-,39-,40?,41?;/m1./s1. The average molecular weight is 908 g/mol. The Bertz CT molecular complexity index is 1160. The minimum atomic E-state index is -5.30. The van der Waals surface area contributed by atoms with Crippen LogP contribution in [0.25, 0.3) is 0 Å². The van der Waals surface area contributed by atoms with Gasteiger partial charge in [-0.1, -0.05) is 168 Å². The number of phosphoric acid groups is 2. The number of hydrogen-bond donors (Lipinski definition) is 8. The van der Waals surface area contributed by atoms with Crippen LogP contribution in [-0.4, -0.2) is 103 Å². The van der Waals surface area contributed by atoms with Crippen molar-refractivity contribution in [3.05, 3.63) is 0 Å². The molecule has 19 heteroatoms. The van der Waals surface area contributed by atoms with Crippen LogP contribution in [0, 0.1) is 0 Å². The molecule has 17 nitrogen and oxygen atoms in total. The second kappa shape index (κ2) is 35.3. The number of esters is 2. The number of carbonyl (C=O) groups is 2. The molecule has 1 aliphatic rings. The fourth-order valence-corrected chi connectivity index (χ4v) is 8.68. The van der Waals surface area contributed by atoms with Gasteiger partial charge in [-0.15, -0.1) is 0 Å². The highest BCUT2D eigenvalue weighted by Crippen LogP contribution is 2.48. The first kappa shape index (κ1) is 59.0. The first-order chi connectivity index (χ1) is 28.1. The molecule has 60 heavy (non-hydrogen) atoms. The quantitative estimate of drug-likeness (QED) is 0.0165. The summed E-state index contributed by atoms with van der Waals surface area (Å²) in [5.41, 5.74) is 0. The van der Waals surface area contributed by atoms with Gasteiger partial charge in [0.05, 0.1) is 6.61 Å². The maximum Gasteiger partial charge on any atom is 0.472 e. The van der Waals surface area contributed by atoms with Crippen molar-refractivity contribution in [3.8, 4) is 0 Å². The number of ether oxygens (including phenoxy) is 2. The van der Waals surface area contributed by atoms with E-state index in [1.54, 1.807) is 0 Å². The predicted octanol–water partition coefficient (Wildman–Crippen LogP) is 8.00. The van der Waals surface area contributed by atoms with Crippen LogP contribution < -0.4 is 6.15 Å². The molecule has 1 fully saturated rings. The Balaban J connectivity index is 0.0000348. The SMILES string of the molecule is CCCCCCCCCCCCCCCC(=O)OC[C@H](COP(=O)(O)OC1[C@H](O)[C@H](O)C(OP(=O)(O)O)[C@H](O)[C@H]1O)OC(=O)CCCCCCCCCCCCCCC.N. The number of aliphatic hydroxyl groups excluding tert-OH is 4. The number of phosphoric ester groups is 2. The Labute approximate surface area is 359 Å². The van der Waals surface area contributed by atoms with Gasteiger partial charge in [0.25, 0.3) is 0 Å². The lowest BCUT2D eigenvalue weighted by Crippen LogP contribution is -2.64. The third-order valence-corrected chi connectivity index (χ3v) is 12.2. The van der Waals surface area contributed by atoms with Crippen molar-refractivity contribution in [1.82, 2.24) is 6.15 Å². The Hall–Kier alpha value is -1.04. The topological polar surface area (TPSA) is 291 Å². The summed E-state index contributed by atoms with van der Waals surface area (Å²) in [6.45, 7) is 3.13. The van der Waals surface area contributed by atoms with Crippen molar-refractivity contribution in [3.63, 3.8) is 0 Å².